The Hall–Kier alpha value is -2.95. The third-order valence-corrected chi connectivity index (χ3v) is 7.52. The summed E-state index contributed by atoms with van der Waals surface area (Å²) >= 11 is 0. The van der Waals surface area contributed by atoms with Crippen LogP contribution in [0.5, 0.6) is 0 Å². The van der Waals surface area contributed by atoms with E-state index in [1.807, 2.05) is 78.2 Å². The lowest BCUT2D eigenvalue weighted by Gasteiger charge is -2.23. The molecule has 0 fully saturated rings. The zero-order valence-corrected chi connectivity index (χ0v) is 31.3. The van der Waals surface area contributed by atoms with Crippen molar-refractivity contribution >= 4 is 0 Å². The molecule has 0 aromatic carbocycles. The van der Waals surface area contributed by atoms with E-state index in [0.717, 1.165) is 22.5 Å². The minimum absolute atomic E-state index is 0.00439. The number of hydrogen-bond acceptors (Lipinski definition) is 3. The van der Waals surface area contributed by atoms with E-state index in [1.165, 1.54) is 11.1 Å². The van der Waals surface area contributed by atoms with E-state index >= 15 is 0 Å². The van der Waals surface area contributed by atoms with Gasteiger partial charge < -0.3 is 9.97 Å². The molecule has 3 aromatic heterocycles. The van der Waals surface area contributed by atoms with Crippen LogP contribution in [0.25, 0.3) is 0 Å². The third kappa shape index (κ3) is 11.9. The van der Waals surface area contributed by atoms with Gasteiger partial charge >= 0.3 is 0 Å². The molecule has 246 valence electrons. The average molecular weight is 606 g/mol. The predicted molar refractivity (Wildman–Crippen MR) is 191 cm³/mol. The molecule has 0 aliphatic rings. The van der Waals surface area contributed by atoms with E-state index in [2.05, 4.69) is 104 Å². The first-order chi connectivity index (χ1) is 19.5. The highest BCUT2D eigenvalue weighted by atomic mass is 16.1. The lowest BCUT2D eigenvalue weighted by Crippen LogP contribution is -2.27. The zero-order chi connectivity index (χ0) is 34.7. The first-order valence-corrected chi connectivity index (χ1v) is 15.9. The van der Waals surface area contributed by atoms with Crippen molar-refractivity contribution in [3.8, 4) is 0 Å². The van der Waals surface area contributed by atoms with Crippen molar-refractivity contribution in [3.05, 3.63) is 97.1 Å². The first kappa shape index (κ1) is 39.1. The standard InChI is InChI=1S/2C13H21NO.C13H21N/c2*1-12(2,3)9-7-8-10(13(4,5)6)14-11(9)15;1-12(2,3)10-7-11(9-14-8-10)13(4,5)6/h2*7-8H,1-6H3,(H,14,15);7-9H,1-6H3. The number of aromatic nitrogens is 3. The molecule has 2 N–H and O–H groups in total. The summed E-state index contributed by atoms with van der Waals surface area (Å²) in [6.07, 6.45) is 3.94. The highest BCUT2D eigenvalue weighted by Gasteiger charge is 2.22. The quantitative estimate of drug-likeness (QED) is 0.268. The van der Waals surface area contributed by atoms with E-state index in [4.69, 9.17) is 0 Å². The summed E-state index contributed by atoms with van der Waals surface area (Å²) in [5, 5.41) is 0. The predicted octanol–water partition coefficient (Wildman–Crippen LogP) is 9.62. The molecule has 0 bridgehead atoms. The summed E-state index contributed by atoms with van der Waals surface area (Å²) in [6, 6.07) is 10.2. The van der Waals surface area contributed by atoms with Crippen molar-refractivity contribution in [2.75, 3.05) is 0 Å². The second kappa shape index (κ2) is 13.6. The molecular weight excluding hydrogens is 542 g/mol. The number of hydrogen-bond donors (Lipinski definition) is 2. The van der Waals surface area contributed by atoms with Crippen LogP contribution in [0.15, 0.2) is 52.3 Å². The monoisotopic (exact) mass is 605 g/mol. The van der Waals surface area contributed by atoms with Crippen molar-refractivity contribution < 1.29 is 0 Å². The Bertz CT molecular complexity index is 1370. The van der Waals surface area contributed by atoms with E-state index < -0.39 is 0 Å². The third-order valence-electron chi connectivity index (χ3n) is 7.52. The Morgan fingerprint density at radius 2 is 0.727 bits per heavy atom. The van der Waals surface area contributed by atoms with Crippen LogP contribution < -0.4 is 11.1 Å². The molecule has 44 heavy (non-hydrogen) atoms. The van der Waals surface area contributed by atoms with Gasteiger partial charge in [-0.3, -0.25) is 14.6 Å². The number of H-pyrrole nitrogens is 2. The van der Waals surface area contributed by atoms with Gasteiger partial charge in [0.15, 0.2) is 0 Å². The molecule has 5 nitrogen and oxygen atoms in total. The summed E-state index contributed by atoms with van der Waals surface area (Å²) in [5.41, 5.74) is 6.54. The van der Waals surface area contributed by atoms with Gasteiger partial charge in [-0.15, -0.1) is 0 Å². The van der Waals surface area contributed by atoms with Crippen LogP contribution >= 0.6 is 0 Å². The van der Waals surface area contributed by atoms with Crippen molar-refractivity contribution in [2.45, 2.75) is 157 Å². The maximum absolute atomic E-state index is 11.9. The molecule has 0 saturated carbocycles. The normalized spacial score (nSPS) is 13.0. The van der Waals surface area contributed by atoms with Crippen LogP contribution in [0.4, 0.5) is 0 Å². The first-order valence-electron chi connectivity index (χ1n) is 15.9. The largest absolute Gasteiger partial charge is 0.325 e. The van der Waals surface area contributed by atoms with Gasteiger partial charge in [0.25, 0.3) is 11.1 Å². The molecule has 0 unspecified atom stereocenters. The lowest BCUT2D eigenvalue weighted by molar-refractivity contribution is 0.551. The van der Waals surface area contributed by atoms with Crippen LogP contribution in [-0.4, -0.2) is 15.0 Å². The van der Waals surface area contributed by atoms with Gasteiger partial charge in [-0.25, -0.2) is 0 Å². The lowest BCUT2D eigenvalue weighted by atomic mass is 9.82. The van der Waals surface area contributed by atoms with Gasteiger partial charge in [0, 0.05) is 45.7 Å². The molecule has 3 aromatic rings. The van der Waals surface area contributed by atoms with E-state index in [-0.39, 0.29) is 43.6 Å². The second-order valence-electron chi connectivity index (χ2n) is 18.2. The summed E-state index contributed by atoms with van der Waals surface area (Å²) in [5.74, 6) is 0. The number of aromatic amines is 2. The molecule has 0 aliphatic heterocycles. The van der Waals surface area contributed by atoms with Crippen LogP contribution in [0.3, 0.4) is 0 Å². The minimum atomic E-state index is -0.0933. The Kier molecular flexibility index (Phi) is 12.1. The van der Waals surface area contributed by atoms with Crippen molar-refractivity contribution in [2.24, 2.45) is 0 Å². The maximum Gasteiger partial charge on any atom is 0.251 e. The minimum Gasteiger partial charge on any atom is -0.325 e. The number of rotatable bonds is 0. The molecule has 5 heteroatoms. The van der Waals surface area contributed by atoms with Gasteiger partial charge in [0.1, 0.15) is 0 Å². The smallest absolute Gasteiger partial charge is 0.251 e. The topological polar surface area (TPSA) is 78.6 Å². The number of nitrogens with zero attached hydrogens (tertiary/aromatic N) is 1. The van der Waals surface area contributed by atoms with E-state index in [9.17, 15) is 9.59 Å². The summed E-state index contributed by atoms with van der Waals surface area (Å²) in [7, 11) is 0. The maximum atomic E-state index is 11.9. The van der Waals surface area contributed by atoms with Gasteiger partial charge in [-0.2, -0.15) is 0 Å². The van der Waals surface area contributed by atoms with Gasteiger partial charge in [0.05, 0.1) is 0 Å². The Morgan fingerprint density at radius 1 is 0.432 bits per heavy atom. The van der Waals surface area contributed by atoms with Gasteiger partial charge in [-0.1, -0.05) is 143 Å². The average Bonchev–Trinajstić information content (AvgIpc) is 2.81. The van der Waals surface area contributed by atoms with Crippen LogP contribution in [0.2, 0.25) is 0 Å². The van der Waals surface area contributed by atoms with Gasteiger partial charge in [-0.05, 0) is 44.9 Å². The van der Waals surface area contributed by atoms with E-state index in [0.29, 0.717) is 0 Å². The highest BCUT2D eigenvalue weighted by molar-refractivity contribution is 5.29. The molecule has 0 spiro atoms. The molecule has 0 saturated heterocycles. The number of pyridine rings is 3. The Balaban J connectivity index is 0.000000330. The molecular formula is C39H63N3O2. The highest BCUT2D eigenvalue weighted by Crippen LogP contribution is 2.28. The fourth-order valence-corrected chi connectivity index (χ4v) is 4.26. The van der Waals surface area contributed by atoms with Crippen LogP contribution in [0.1, 0.15) is 158 Å². The Morgan fingerprint density at radius 3 is 0.932 bits per heavy atom. The zero-order valence-electron chi connectivity index (χ0n) is 31.3. The molecule has 0 radical (unpaired) electrons. The SMILES string of the molecule is CC(C)(C)c1ccc(C(C)(C)C)c(=O)[nH]1.CC(C)(C)c1ccc(C(C)(C)C)c(=O)[nH]1.CC(C)(C)c1cncc(C(C)(C)C)c1. The second-order valence-corrected chi connectivity index (χ2v) is 18.2. The van der Waals surface area contributed by atoms with Crippen LogP contribution in [0, 0.1) is 0 Å². The molecule has 0 aliphatic carbocycles. The molecule has 3 heterocycles. The fourth-order valence-electron chi connectivity index (χ4n) is 4.26. The summed E-state index contributed by atoms with van der Waals surface area (Å²) in [4.78, 5) is 34.0. The van der Waals surface area contributed by atoms with E-state index in [1.54, 1.807) is 0 Å². The molecule has 0 atom stereocenters. The van der Waals surface area contributed by atoms with Crippen molar-refractivity contribution in [1.82, 2.24) is 15.0 Å². The van der Waals surface area contributed by atoms with Gasteiger partial charge in [0.2, 0.25) is 0 Å². The molecule has 0 amide bonds. The fraction of sp³-hybridized carbons (Fsp3) is 0.615. The van der Waals surface area contributed by atoms with Crippen molar-refractivity contribution in [1.29, 1.82) is 0 Å². The summed E-state index contributed by atoms with van der Waals surface area (Å²) < 4.78 is 0. The summed E-state index contributed by atoms with van der Waals surface area (Å²) in [6.45, 7) is 38.2. The molecule has 3 rings (SSSR count). The van der Waals surface area contributed by atoms with Crippen molar-refractivity contribution in [3.63, 3.8) is 0 Å². The Labute approximate surface area is 268 Å². The number of nitrogens with one attached hydrogen (secondary N) is 2. The van der Waals surface area contributed by atoms with Crippen LogP contribution in [-0.2, 0) is 32.5 Å².